The Bertz CT molecular complexity index is 2650. The number of rotatable bonds is 10. The van der Waals surface area contributed by atoms with E-state index in [1.165, 1.54) is 62.1 Å². The SMILES string of the molecule is CCCCCCc1ccc(C#Cc2ccc(C#Cc3ccc(C)cc3F)cc2)cc1.CCCCCc1ccc(C#Cc2ccc(C#Cc3ccc(OC(F)(F)F)cc3F)cc2)cc1. The van der Waals surface area contributed by atoms with Crippen molar-refractivity contribution in [3.63, 3.8) is 0 Å². The molecule has 318 valence electrons. The summed E-state index contributed by atoms with van der Waals surface area (Å²) in [5.74, 6) is 22.2. The van der Waals surface area contributed by atoms with Gasteiger partial charge in [-0.05, 0) is 146 Å². The number of hydrogen-bond donors (Lipinski definition) is 0. The second-order valence-electron chi connectivity index (χ2n) is 15.0. The minimum absolute atomic E-state index is 0.0217. The zero-order chi connectivity index (χ0) is 44.9. The molecule has 0 saturated carbocycles. The molecule has 0 heterocycles. The highest BCUT2D eigenvalue weighted by atomic mass is 19.4. The molecule has 63 heavy (non-hydrogen) atoms. The molecule has 0 unspecified atom stereocenters. The van der Waals surface area contributed by atoms with Gasteiger partial charge in [-0.2, -0.15) is 0 Å². The van der Waals surface area contributed by atoms with Crippen LogP contribution in [0.1, 0.15) is 120 Å². The van der Waals surface area contributed by atoms with Gasteiger partial charge in [0.1, 0.15) is 17.4 Å². The molecule has 0 aromatic heterocycles. The highest BCUT2D eigenvalue weighted by Gasteiger charge is 2.31. The van der Waals surface area contributed by atoms with Gasteiger partial charge in [-0.25, -0.2) is 8.78 Å². The molecule has 0 saturated heterocycles. The van der Waals surface area contributed by atoms with E-state index in [9.17, 15) is 22.0 Å². The van der Waals surface area contributed by atoms with E-state index in [0.717, 1.165) is 58.4 Å². The van der Waals surface area contributed by atoms with Crippen LogP contribution in [0.25, 0.3) is 0 Å². The molecular formula is C57H49F5O. The van der Waals surface area contributed by atoms with E-state index >= 15 is 0 Å². The lowest BCUT2D eigenvalue weighted by Crippen LogP contribution is -2.17. The van der Waals surface area contributed by atoms with E-state index < -0.39 is 17.9 Å². The molecule has 0 amide bonds. The summed E-state index contributed by atoms with van der Waals surface area (Å²) in [6.45, 7) is 6.29. The van der Waals surface area contributed by atoms with Gasteiger partial charge in [0, 0.05) is 39.4 Å². The predicted octanol–water partition coefficient (Wildman–Crippen LogP) is 14.3. The summed E-state index contributed by atoms with van der Waals surface area (Å²) < 4.78 is 68.2. The van der Waals surface area contributed by atoms with Crippen molar-refractivity contribution in [3.05, 3.63) is 206 Å². The fourth-order valence-electron chi connectivity index (χ4n) is 6.20. The molecule has 0 atom stereocenters. The van der Waals surface area contributed by atoms with E-state index in [0.29, 0.717) is 17.2 Å². The number of ether oxygens (including phenoxy) is 1. The average molecular weight is 845 g/mol. The Hall–Kier alpha value is -6.99. The van der Waals surface area contributed by atoms with Gasteiger partial charge in [0.05, 0.1) is 11.1 Å². The molecule has 6 rings (SSSR count). The van der Waals surface area contributed by atoms with Crippen LogP contribution >= 0.6 is 0 Å². The first-order chi connectivity index (χ1) is 30.5. The normalized spacial score (nSPS) is 10.3. The van der Waals surface area contributed by atoms with Crippen molar-refractivity contribution < 1.29 is 26.7 Å². The number of aryl methyl sites for hydroxylation is 3. The highest BCUT2D eigenvalue weighted by Crippen LogP contribution is 2.24. The van der Waals surface area contributed by atoms with Gasteiger partial charge < -0.3 is 4.74 Å². The Morgan fingerprint density at radius 3 is 1.14 bits per heavy atom. The Balaban J connectivity index is 0.000000239. The minimum atomic E-state index is -4.87. The molecule has 0 aliphatic rings. The second-order valence-corrected chi connectivity index (χ2v) is 15.0. The molecule has 0 aliphatic heterocycles. The predicted molar refractivity (Wildman–Crippen MR) is 245 cm³/mol. The molecular weight excluding hydrogens is 796 g/mol. The Kier molecular flexibility index (Phi) is 18.3. The van der Waals surface area contributed by atoms with Crippen molar-refractivity contribution in [2.45, 2.75) is 84.9 Å². The lowest BCUT2D eigenvalue weighted by atomic mass is 10.0. The third-order valence-electron chi connectivity index (χ3n) is 9.75. The average Bonchev–Trinajstić information content (AvgIpc) is 3.27. The molecule has 0 aliphatic carbocycles. The van der Waals surface area contributed by atoms with Gasteiger partial charge in [-0.15, -0.1) is 13.2 Å². The van der Waals surface area contributed by atoms with Gasteiger partial charge in [0.25, 0.3) is 0 Å². The molecule has 0 bridgehead atoms. The van der Waals surface area contributed by atoms with Gasteiger partial charge in [-0.3, -0.25) is 0 Å². The Morgan fingerprint density at radius 1 is 0.413 bits per heavy atom. The number of hydrogen-bond acceptors (Lipinski definition) is 1. The number of alkyl halides is 3. The fraction of sp³-hybridized carbons (Fsp3) is 0.228. The third-order valence-corrected chi connectivity index (χ3v) is 9.75. The summed E-state index contributed by atoms with van der Waals surface area (Å²) in [5.41, 5.74) is 9.16. The highest BCUT2D eigenvalue weighted by molar-refractivity contribution is 5.50. The van der Waals surface area contributed by atoms with Crippen molar-refractivity contribution in [1.82, 2.24) is 0 Å². The first-order valence-electron chi connectivity index (χ1n) is 21.2. The standard InChI is InChI=1S/C29H27F.C28H22F4O/c1-3-4-5-6-7-24-9-11-25(12-10-24)13-14-26-15-17-27(18-16-26)19-21-28-20-8-23(2)22-29(28)30;1-2-3-4-5-21-6-8-22(9-7-21)10-11-23-12-14-24(15-13-23)16-17-25-18-19-26(20-27(25)29)33-28(30,31)32/h8-12,15-18,20,22H,3-7H2,1-2H3;6-9,12-15,18-20H,2-5H2,1H3. The smallest absolute Gasteiger partial charge is 0.406 e. The van der Waals surface area contributed by atoms with Crippen LogP contribution < -0.4 is 4.74 Å². The third kappa shape index (κ3) is 17.1. The van der Waals surface area contributed by atoms with Crippen molar-refractivity contribution in [2.75, 3.05) is 0 Å². The van der Waals surface area contributed by atoms with Gasteiger partial charge in [0.15, 0.2) is 0 Å². The van der Waals surface area contributed by atoms with Crippen LogP contribution in [0.2, 0.25) is 0 Å². The van der Waals surface area contributed by atoms with Crippen LogP contribution in [0.4, 0.5) is 22.0 Å². The second kappa shape index (κ2) is 24.5. The molecule has 6 aromatic carbocycles. The largest absolute Gasteiger partial charge is 0.573 e. The maximum Gasteiger partial charge on any atom is 0.573 e. The van der Waals surface area contributed by atoms with E-state index in [4.69, 9.17) is 0 Å². The number of halogens is 5. The first-order valence-corrected chi connectivity index (χ1v) is 21.2. The molecule has 0 N–H and O–H groups in total. The van der Waals surface area contributed by atoms with Gasteiger partial charge in [0.2, 0.25) is 0 Å². The summed E-state index contributed by atoms with van der Waals surface area (Å²) in [6.07, 6.45) is 6.14. The van der Waals surface area contributed by atoms with Crippen LogP contribution in [-0.4, -0.2) is 6.36 Å². The van der Waals surface area contributed by atoms with Crippen LogP contribution in [0.3, 0.4) is 0 Å². The molecule has 0 fully saturated rings. The molecule has 0 spiro atoms. The maximum atomic E-state index is 14.0. The monoisotopic (exact) mass is 844 g/mol. The van der Waals surface area contributed by atoms with Gasteiger partial charge >= 0.3 is 6.36 Å². The molecule has 1 nitrogen and oxygen atoms in total. The van der Waals surface area contributed by atoms with E-state index in [2.05, 4.69) is 102 Å². The van der Waals surface area contributed by atoms with Crippen LogP contribution in [0.15, 0.2) is 133 Å². The van der Waals surface area contributed by atoms with Crippen molar-refractivity contribution >= 4 is 0 Å². The summed E-state index contributed by atoms with van der Waals surface area (Å²) >= 11 is 0. The summed E-state index contributed by atoms with van der Waals surface area (Å²) in [5, 5.41) is 0. The number of unbranched alkanes of at least 4 members (excludes halogenated alkanes) is 5. The van der Waals surface area contributed by atoms with E-state index in [-0.39, 0.29) is 11.4 Å². The van der Waals surface area contributed by atoms with Crippen molar-refractivity contribution in [1.29, 1.82) is 0 Å². The Labute approximate surface area is 369 Å². The van der Waals surface area contributed by atoms with E-state index in [1.54, 1.807) is 18.2 Å². The van der Waals surface area contributed by atoms with Gasteiger partial charge in [-0.1, -0.05) is 124 Å². The number of benzene rings is 6. The Morgan fingerprint density at radius 2 is 0.762 bits per heavy atom. The quantitative estimate of drug-likeness (QED) is 0.0758. The lowest BCUT2D eigenvalue weighted by molar-refractivity contribution is -0.274. The first kappa shape index (κ1) is 47.1. The lowest BCUT2D eigenvalue weighted by Gasteiger charge is -2.08. The van der Waals surface area contributed by atoms with Crippen LogP contribution in [0.5, 0.6) is 5.75 Å². The van der Waals surface area contributed by atoms with E-state index in [1.807, 2.05) is 61.5 Å². The van der Waals surface area contributed by atoms with Crippen LogP contribution in [0, 0.1) is 65.9 Å². The fourth-order valence-corrected chi connectivity index (χ4v) is 6.20. The summed E-state index contributed by atoms with van der Waals surface area (Å²) in [7, 11) is 0. The maximum absolute atomic E-state index is 14.0. The molecule has 6 heteroatoms. The molecule has 0 radical (unpaired) electrons. The topological polar surface area (TPSA) is 9.23 Å². The minimum Gasteiger partial charge on any atom is -0.406 e. The summed E-state index contributed by atoms with van der Waals surface area (Å²) in [4.78, 5) is 0. The zero-order valence-electron chi connectivity index (χ0n) is 35.9. The molecule has 6 aromatic rings. The van der Waals surface area contributed by atoms with Crippen molar-refractivity contribution in [2.24, 2.45) is 0 Å². The van der Waals surface area contributed by atoms with Crippen molar-refractivity contribution in [3.8, 4) is 53.1 Å². The van der Waals surface area contributed by atoms with Crippen LogP contribution in [-0.2, 0) is 12.8 Å². The summed E-state index contributed by atoms with van der Waals surface area (Å²) in [6, 6.07) is 39.6. The zero-order valence-corrected chi connectivity index (χ0v) is 35.9.